The predicted molar refractivity (Wildman–Crippen MR) is 330 cm³/mol. The maximum Gasteiger partial charge on any atom is 0.245 e. The first-order valence-corrected chi connectivity index (χ1v) is 31.3. The molecule has 0 aromatic heterocycles. The van der Waals surface area contributed by atoms with E-state index in [1.54, 1.807) is 30.3 Å². The summed E-state index contributed by atoms with van der Waals surface area (Å²) in [5.74, 6) is -9.61. The first-order valence-electron chi connectivity index (χ1n) is 31.3. The number of unbranched alkanes of at least 4 members (excludes halogenated alkanes) is 9. The number of hydrogen-bond donors (Lipinski definition) is 18. The van der Waals surface area contributed by atoms with Crippen molar-refractivity contribution in [3.63, 3.8) is 0 Å². The van der Waals surface area contributed by atoms with E-state index >= 15 is 0 Å². The van der Waals surface area contributed by atoms with Crippen LogP contribution in [0.5, 0.6) is 0 Å². The highest BCUT2D eigenvalue weighted by molar-refractivity contribution is 5.99. The highest BCUT2D eigenvalue weighted by atomic mass is 16.3. The molecule has 12 atom stereocenters. The van der Waals surface area contributed by atoms with Gasteiger partial charge in [0.05, 0.1) is 12.2 Å². The molecule has 23 N–H and O–H groups in total. The average molecular weight is 1250 g/mol. The summed E-state index contributed by atoms with van der Waals surface area (Å²) in [7, 11) is 0. The highest BCUT2D eigenvalue weighted by Crippen LogP contribution is 2.13. The number of aliphatic hydroxyl groups is 2. The Labute approximate surface area is 517 Å². The summed E-state index contributed by atoms with van der Waals surface area (Å²) in [6.45, 7) is 5.41. The molecule has 0 unspecified atom stereocenters. The van der Waals surface area contributed by atoms with Crippen molar-refractivity contribution in [1.82, 2.24) is 58.5 Å². The second-order valence-corrected chi connectivity index (χ2v) is 22.4. The Morgan fingerprint density at radius 3 is 1.47 bits per heavy atom. The Morgan fingerprint density at radius 1 is 0.511 bits per heavy atom. The fourth-order valence-electron chi connectivity index (χ4n) is 9.72. The third-order valence-corrected chi connectivity index (χ3v) is 14.9. The van der Waals surface area contributed by atoms with Gasteiger partial charge in [0.25, 0.3) is 0 Å². The summed E-state index contributed by atoms with van der Waals surface area (Å²) in [5.41, 5.74) is 30.1. The van der Waals surface area contributed by atoms with Crippen molar-refractivity contribution < 1.29 is 63.0 Å². The van der Waals surface area contributed by atoms with E-state index < -0.39 is 151 Å². The molecule has 1 aliphatic rings. The third-order valence-electron chi connectivity index (χ3n) is 14.9. The van der Waals surface area contributed by atoms with Gasteiger partial charge in [-0.2, -0.15) is 0 Å². The number of hydrogen-bond acceptors (Lipinski definition) is 18. The third kappa shape index (κ3) is 29.0. The van der Waals surface area contributed by atoms with Crippen LogP contribution in [0.2, 0.25) is 0 Å². The highest BCUT2D eigenvalue weighted by Gasteiger charge is 2.37. The summed E-state index contributed by atoms with van der Waals surface area (Å²) in [6.07, 6.45) is 5.08. The van der Waals surface area contributed by atoms with Crippen LogP contribution in [0, 0.1) is 0 Å². The molecule has 11 amide bonds. The van der Waals surface area contributed by atoms with Crippen molar-refractivity contribution >= 4 is 65.0 Å². The number of amides is 11. The van der Waals surface area contributed by atoms with E-state index in [1.807, 2.05) is 0 Å². The molecule has 1 fully saturated rings. The van der Waals surface area contributed by atoms with E-state index in [1.165, 1.54) is 13.8 Å². The van der Waals surface area contributed by atoms with Crippen molar-refractivity contribution in [2.45, 2.75) is 229 Å². The van der Waals surface area contributed by atoms with Gasteiger partial charge in [-0.25, -0.2) is 0 Å². The van der Waals surface area contributed by atoms with Gasteiger partial charge in [0.15, 0.2) is 0 Å². The molecule has 0 radical (unpaired) electrons. The average Bonchev–Trinajstić information content (AvgIpc) is 3.68. The SMILES string of the molecule is CCCCCCCC[C@@H]1NC(=O)[C@@H](Cc2ccccc2)NC(=O)[C@@H](CCN)NC(=O)[C@@H](NC(=O)[C@H](CCN)NC(=O)[C@@H](NC(=O)[C@H](CCN)NC(=O)CCCCCCC)[C@@H](C)O)CCNC(=O)[C@H]([C@@H](C)O)NC(=O)[C@H](CCN)NC(=O)[C@H](CCN)NC1=O. The van der Waals surface area contributed by atoms with Gasteiger partial charge in [-0.15, -0.1) is 0 Å². The topological polar surface area (TPSA) is 491 Å². The minimum atomic E-state index is -1.70. The number of aliphatic hydroxyl groups excluding tert-OH is 2. The van der Waals surface area contributed by atoms with Gasteiger partial charge in [-0.05, 0) is 104 Å². The Morgan fingerprint density at radius 2 is 0.966 bits per heavy atom. The summed E-state index contributed by atoms with van der Waals surface area (Å²) < 4.78 is 0. The quantitative estimate of drug-likeness (QED) is 0.0294. The Balaban J connectivity index is 2.71. The van der Waals surface area contributed by atoms with Gasteiger partial charge < -0.3 is 97.4 Å². The zero-order chi connectivity index (χ0) is 65.6. The number of nitrogens with one attached hydrogen (secondary N) is 11. The molecule has 1 heterocycles. The van der Waals surface area contributed by atoms with Gasteiger partial charge >= 0.3 is 0 Å². The standard InChI is InChI=1S/C59H104N16O13/c1-5-7-9-11-13-17-21-39-50(79)68-41(24-30-61)51(80)70-44(27-33-64)56(85)74-48(36(3)76)58(87)65-34-28-45(54(83)69-42(25-31-62)53(82)73-46(57(86)67-39)35-38-19-15-14-16-20-38)71-52(81)43(26-32-63)72-59(88)49(37(4)77)75-55(84)40(23-29-60)66-47(78)22-18-12-10-8-6-2/h14-16,19-20,36-37,39-46,48-49,76-77H,5-13,17-18,21-35,60-64H2,1-4H3,(H,65,87)(H,66,78)(H,67,86)(H,68,79)(H,69,83)(H,70,80)(H,71,81)(H,72,88)(H,73,82)(H,74,85)(H,75,84)/t36-,37-,39+,40+,41+,42-,43+,44+,45+,46-,48+,49+/m1/s1. The largest absolute Gasteiger partial charge is 0.391 e. The van der Waals surface area contributed by atoms with E-state index in [9.17, 15) is 63.0 Å². The van der Waals surface area contributed by atoms with Crippen LogP contribution in [-0.4, -0.2) is 187 Å². The molecular formula is C59H104N16O13. The van der Waals surface area contributed by atoms with Crippen LogP contribution < -0.4 is 87.2 Å². The van der Waals surface area contributed by atoms with Crippen LogP contribution in [0.25, 0.3) is 0 Å². The maximum absolute atomic E-state index is 14.6. The fraction of sp³-hybridized carbons (Fsp3) is 0.712. The summed E-state index contributed by atoms with van der Waals surface area (Å²) in [5, 5.41) is 50.0. The monoisotopic (exact) mass is 1240 g/mol. The molecule has 1 aliphatic heterocycles. The van der Waals surface area contributed by atoms with Crippen molar-refractivity contribution in [1.29, 1.82) is 0 Å². The molecular weight excluding hydrogens is 1140 g/mol. The van der Waals surface area contributed by atoms with Gasteiger partial charge in [-0.3, -0.25) is 52.7 Å². The Hall–Kier alpha value is -6.89. The summed E-state index contributed by atoms with van der Waals surface area (Å²) in [4.78, 5) is 155. The van der Waals surface area contributed by atoms with Gasteiger partial charge in [0.1, 0.15) is 60.4 Å². The lowest BCUT2D eigenvalue weighted by molar-refractivity contribution is -0.137. The number of carbonyl (C=O) groups excluding carboxylic acids is 11. The second kappa shape index (κ2) is 43.7. The Kier molecular flexibility index (Phi) is 38.3. The van der Waals surface area contributed by atoms with E-state index in [0.717, 1.165) is 51.4 Å². The van der Waals surface area contributed by atoms with Crippen LogP contribution in [0.15, 0.2) is 30.3 Å². The fourth-order valence-corrected chi connectivity index (χ4v) is 9.72. The number of nitrogens with two attached hydrogens (primary N) is 5. The lowest BCUT2D eigenvalue weighted by Crippen LogP contribution is -2.62. The van der Waals surface area contributed by atoms with Crippen LogP contribution >= 0.6 is 0 Å². The molecule has 0 bridgehead atoms. The van der Waals surface area contributed by atoms with Crippen LogP contribution in [-0.2, 0) is 59.2 Å². The first kappa shape index (κ1) is 77.2. The molecule has 29 heteroatoms. The van der Waals surface area contributed by atoms with Crippen molar-refractivity contribution in [3.05, 3.63) is 35.9 Å². The maximum atomic E-state index is 14.6. The van der Waals surface area contributed by atoms with Crippen molar-refractivity contribution in [2.24, 2.45) is 28.7 Å². The molecule has 0 spiro atoms. The zero-order valence-electron chi connectivity index (χ0n) is 52.0. The number of benzene rings is 1. The molecule has 2 rings (SSSR count). The molecule has 88 heavy (non-hydrogen) atoms. The lowest BCUT2D eigenvalue weighted by atomic mass is 10.0. The van der Waals surface area contributed by atoms with E-state index in [0.29, 0.717) is 24.8 Å². The smallest absolute Gasteiger partial charge is 0.245 e. The molecule has 0 saturated carbocycles. The van der Waals surface area contributed by atoms with E-state index in [2.05, 4.69) is 72.3 Å². The molecule has 498 valence electrons. The number of rotatable bonds is 34. The molecule has 29 nitrogen and oxygen atoms in total. The van der Waals surface area contributed by atoms with Crippen LogP contribution in [0.3, 0.4) is 0 Å². The molecule has 1 aromatic carbocycles. The van der Waals surface area contributed by atoms with Gasteiger partial charge in [-0.1, -0.05) is 108 Å². The van der Waals surface area contributed by atoms with E-state index in [-0.39, 0.29) is 84.1 Å². The van der Waals surface area contributed by atoms with Crippen LogP contribution in [0.4, 0.5) is 0 Å². The molecule has 1 saturated heterocycles. The summed E-state index contributed by atoms with van der Waals surface area (Å²) in [6, 6.07) is -6.10. The number of carbonyl (C=O) groups is 11. The molecule has 0 aliphatic carbocycles. The normalized spacial score (nSPS) is 22.1. The predicted octanol–water partition coefficient (Wildman–Crippen LogP) is -3.79. The zero-order valence-corrected chi connectivity index (χ0v) is 52.0. The minimum Gasteiger partial charge on any atom is -0.391 e. The first-order chi connectivity index (χ1) is 42.1. The van der Waals surface area contributed by atoms with Gasteiger partial charge in [0, 0.05) is 19.4 Å². The Bertz CT molecular complexity index is 2340. The van der Waals surface area contributed by atoms with E-state index in [4.69, 9.17) is 28.7 Å². The lowest BCUT2D eigenvalue weighted by Gasteiger charge is -2.28. The molecule has 1 aromatic rings. The second-order valence-electron chi connectivity index (χ2n) is 22.4. The van der Waals surface area contributed by atoms with Crippen molar-refractivity contribution in [2.75, 3.05) is 39.3 Å². The van der Waals surface area contributed by atoms with Crippen molar-refractivity contribution in [3.8, 4) is 0 Å². The van der Waals surface area contributed by atoms with Crippen LogP contribution in [0.1, 0.15) is 155 Å². The summed E-state index contributed by atoms with van der Waals surface area (Å²) >= 11 is 0. The van der Waals surface area contributed by atoms with Gasteiger partial charge in [0.2, 0.25) is 65.0 Å². The minimum absolute atomic E-state index is 0.0134.